The number of rotatable bonds is 3. The first-order chi connectivity index (χ1) is 8.63. The largest absolute Gasteiger partial charge is 0.449 e. The summed E-state index contributed by atoms with van der Waals surface area (Å²) in [5.41, 5.74) is 7.57. The van der Waals surface area contributed by atoms with Gasteiger partial charge in [-0.2, -0.15) is 0 Å². The Morgan fingerprint density at radius 3 is 3.00 bits per heavy atom. The van der Waals surface area contributed by atoms with Crippen molar-refractivity contribution in [2.45, 2.75) is 25.8 Å². The van der Waals surface area contributed by atoms with E-state index in [1.165, 1.54) is 0 Å². The second-order valence-corrected chi connectivity index (χ2v) is 5.35. The Hall–Kier alpha value is -1.07. The minimum atomic E-state index is -0.273. The van der Waals surface area contributed by atoms with E-state index < -0.39 is 0 Å². The number of cyclic esters (lactones) is 1. The molecular formula is C13H17BrN2O2. The average molecular weight is 313 g/mol. The molecular weight excluding hydrogens is 296 g/mol. The van der Waals surface area contributed by atoms with Gasteiger partial charge < -0.3 is 10.5 Å². The van der Waals surface area contributed by atoms with Crippen LogP contribution in [0.3, 0.4) is 0 Å². The number of amides is 1. The molecule has 1 amide bonds. The molecule has 98 valence electrons. The number of anilines is 1. The smallest absolute Gasteiger partial charge is 0.414 e. The predicted octanol–water partition coefficient (Wildman–Crippen LogP) is 2.82. The zero-order valence-corrected chi connectivity index (χ0v) is 11.9. The summed E-state index contributed by atoms with van der Waals surface area (Å²) >= 11 is 3.43. The summed E-state index contributed by atoms with van der Waals surface area (Å²) in [6.45, 7) is 3.04. The summed E-state index contributed by atoms with van der Waals surface area (Å²) in [5, 5.41) is 0. The van der Waals surface area contributed by atoms with E-state index in [1.807, 2.05) is 25.1 Å². The molecule has 18 heavy (non-hydrogen) atoms. The first-order valence-electron chi connectivity index (χ1n) is 6.05. The lowest BCUT2D eigenvalue weighted by atomic mass is 10.1. The van der Waals surface area contributed by atoms with Crippen LogP contribution in [-0.4, -0.2) is 25.3 Å². The number of hydrogen-bond donors (Lipinski definition) is 1. The maximum atomic E-state index is 12.0. The Bertz CT molecular complexity index is 449. The molecule has 0 aliphatic carbocycles. The zero-order chi connectivity index (χ0) is 13.1. The van der Waals surface area contributed by atoms with Crippen LogP contribution in [0, 0.1) is 6.92 Å². The molecule has 1 aliphatic heterocycles. The number of hydrogen-bond acceptors (Lipinski definition) is 3. The fourth-order valence-electron chi connectivity index (χ4n) is 2.28. The minimum absolute atomic E-state index is 0.135. The van der Waals surface area contributed by atoms with E-state index >= 15 is 0 Å². The van der Waals surface area contributed by atoms with Gasteiger partial charge in [0.25, 0.3) is 0 Å². The number of aryl methyl sites for hydroxylation is 1. The standard InChI is InChI=1S/C13H17BrN2O2/c1-9-8-10(14)2-3-12(9)16-11(4-6-15)5-7-18-13(16)17/h2-3,8,11H,4-7,15H2,1H3. The van der Waals surface area contributed by atoms with Gasteiger partial charge in [0.05, 0.1) is 12.3 Å². The normalized spacial score (nSPS) is 19.8. The molecule has 0 aromatic heterocycles. The van der Waals surface area contributed by atoms with Crippen LogP contribution in [0.15, 0.2) is 22.7 Å². The van der Waals surface area contributed by atoms with Gasteiger partial charge in [-0.15, -0.1) is 0 Å². The van der Waals surface area contributed by atoms with Crippen LogP contribution in [0.5, 0.6) is 0 Å². The van der Waals surface area contributed by atoms with Crippen LogP contribution in [-0.2, 0) is 4.74 Å². The van der Waals surface area contributed by atoms with Crippen LogP contribution >= 0.6 is 15.9 Å². The number of carbonyl (C=O) groups is 1. The summed E-state index contributed by atoms with van der Waals surface area (Å²) in [6.07, 6.45) is 1.35. The van der Waals surface area contributed by atoms with E-state index in [-0.39, 0.29) is 12.1 Å². The quantitative estimate of drug-likeness (QED) is 0.933. The Morgan fingerprint density at radius 2 is 2.33 bits per heavy atom. The van der Waals surface area contributed by atoms with Crippen molar-refractivity contribution in [2.24, 2.45) is 5.73 Å². The molecule has 0 saturated carbocycles. The highest BCUT2D eigenvalue weighted by Crippen LogP contribution is 2.29. The molecule has 0 spiro atoms. The topological polar surface area (TPSA) is 55.6 Å². The SMILES string of the molecule is Cc1cc(Br)ccc1N1C(=O)OCCC1CCN. The molecule has 4 nitrogen and oxygen atoms in total. The van der Waals surface area contributed by atoms with Gasteiger partial charge in [0, 0.05) is 16.9 Å². The van der Waals surface area contributed by atoms with Crippen molar-refractivity contribution in [2.75, 3.05) is 18.1 Å². The van der Waals surface area contributed by atoms with Crippen molar-refractivity contribution in [3.63, 3.8) is 0 Å². The van der Waals surface area contributed by atoms with Gasteiger partial charge >= 0.3 is 6.09 Å². The van der Waals surface area contributed by atoms with Crippen LogP contribution < -0.4 is 10.6 Å². The first-order valence-corrected chi connectivity index (χ1v) is 6.85. The number of ether oxygens (including phenoxy) is 1. The number of benzene rings is 1. The molecule has 1 fully saturated rings. The Morgan fingerprint density at radius 1 is 1.56 bits per heavy atom. The molecule has 0 radical (unpaired) electrons. The van der Waals surface area contributed by atoms with Gasteiger partial charge in [0.2, 0.25) is 0 Å². The molecule has 1 aromatic rings. The van der Waals surface area contributed by atoms with E-state index in [1.54, 1.807) is 4.90 Å². The van der Waals surface area contributed by atoms with Crippen LogP contribution in [0.2, 0.25) is 0 Å². The molecule has 0 bridgehead atoms. The third kappa shape index (κ3) is 2.67. The molecule has 1 aliphatic rings. The van der Waals surface area contributed by atoms with E-state index in [2.05, 4.69) is 15.9 Å². The lowest BCUT2D eigenvalue weighted by Gasteiger charge is -2.35. The number of halogens is 1. The van der Waals surface area contributed by atoms with Crippen LogP contribution in [0.25, 0.3) is 0 Å². The third-order valence-electron chi connectivity index (χ3n) is 3.16. The summed E-state index contributed by atoms with van der Waals surface area (Å²) < 4.78 is 6.15. The number of nitrogens with zero attached hydrogens (tertiary/aromatic N) is 1. The Labute approximate surface area is 115 Å². The highest BCUT2D eigenvalue weighted by atomic mass is 79.9. The van der Waals surface area contributed by atoms with Crippen LogP contribution in [0.1, 0.15) is 18.4 Å². The Kier molecular flexibility index (Phi) is 4.24. The lowest BCUT2D eigenvalue weighted by molar-refractivity contribution is 0.128. The predicted molar refractivity (Wildman–Crippen MR) is 74.8 cm³/mol. The molecule has 1 atom stereocenters. The maximum Gasteiger partial charge on any atom is 0.414 e. The fourth-order valence-corrected chi connectivity index (χ4v) is 2.76. The van der Waals surface area contributed by atoms with Gasteiger partial charge in [0.1, 0.15) is 0 Å². The van der Waals surface area contributed by atoms with E-state index in [9.17, 15) is 4.79 Å². The van der Waals surface area contributed by atoms with E-state index in [4.69, 9.17) is 10.5 Å². The lowest BCUT2D eigenvalue weighted by Crippen LogP contribution is -2.47. The van der Waals surface area contributed by atoms with Gasteiger partial charge in [0.15, 0.2) is 0 Å². The Balaban J connectivity index is 2.34. The van der Waals surface area contributed by atoms with Crippen molar-refractivity contribution in [1.82, 2.24) is 0 Å². The molecule has 1 aromatic carbocycles. The number of nitrogens with two attached hydrogens (primary N) is 1. The third-order valence-corrected chi connectivity index (χ3v) is 3.65. The minimum Gasteiger partial charge on any atom is -0.449 e. The average Bonchev–Trinajstić information content (AvgIpc) is 2.31. The monoisotopic (exact) mass is 312 g/mol. The fraction of sp³-hybridized carbons (Fsp3) is 0.462. The second-order valence-electron chi connectivity index (χ2n) is 4.44. The van der Waals surface area contributed by atoms with Gasteiger partial charge in [-0.05, 0) is 43.7 Å². The first kappa shape index (κ1) is 13.4. The molecule has 2 rings (SSSR count). The summed E-state index contributed by atoms with van der Waals surface area (Å²) in [4.78, 5) is 13.7. The molecule has 1 saturated heterocycles. The highest BCUT2D eigenvalue weighted by molar-refractivity contribution is 9.10. The van der Waals surface area contributed by atoms with Crippen LogP contribution in [0.4, 0.5) is 10.5 Å². The second kappa shape index (κ2) is 5.71. The summed E-state index contributed by atoms with van der Waals surface area (Å²) in [6, 6.07) is 6.01. The summed E-state index contributed by atoms with van der Waals surface area (Å²) in [5.74, 6) is 0. The molecule has 2 N–H and O–H groups in total. The van der Waals surface area contributed by atoms with Crippen molar-refractivity contribution >= 4 is 27.7 Å². The zero-order valence-electron chi connectivity index (χ0n) is 10.4. The van der Waals surface area contributed by atoms with Crippen molar-refractivity contribution in [3.8, 4) is 0 Å². The molecule has 1 heterocycles. The van der Waals surface area contributed by atoms with Gasteiger partial charge in [-0.3, -0.25) is 4.90 Å². The van der Waals surface area contributed by atoms with Crippen molar-refractivity contribution in [3.05, 3.63) is 28.2 Å². The van der Waals surface area contributed by atoms with Crippen molar-refractivity contribution < 1.29 is 9.53 Å². The number of carbonyl (C=O) groups excluding carboxylic acids is 1. The van der Waals surface area contributed by atoms with Gasteiger partial charge in [-0.25, -0.2) is 4.79 Å². The van der Waals surface area contributed by atoms with E-state index in [0.717, 1.165) is 28.6 Å². The van der Waals surface area contributed by atoms with Gasteiger partial charge in [-0.1, -0.05) is 15.9 Å². The van der Waals surface area contributed by atoms with E-state index in [0.29, 0.717) is 13.2 Å². The van der Waals surface area contributed by atoms with Crippen molar-refractivity contribution in [1.29, 1.82) is 0 Å². The molecule has 1 unspecified atom stereocenters. The molecule has 5 heteroatoms. The highest BCUT2D eigenvalue weighted by Gasteiger charge is 2.31. The maximum absolute atomic E-state index is 12.0. The summed E-state index contributed by atoms with van der Waals surface area (Å²) in [7, 11) is 0.